The van der Waals surface area contributed by atoms with Crippen LogP contribution in [0.3, 0.4) is 0 Å². The van der Waals surface area contributed by atoms with Gasteiger partial charge < -0.3 is 4.74 Å². The molecule has 0 unspecified atom stereocenters. The molecule has 0 fully saturated rings. The van der Waals surface area contributed by atoms with Gasteiger partial charge in [-0.15, -0.1) is 0 Å². The second kappa shape index (κ2) is 5.32. The molecule has 15 heavy (non-hydrogen) atoms. The molecule has 0 amide bonds. The summed E-state index contributed by atoms with van der Waals surface area (Å²) in [7, 11) is 0. The number of aliphatic imine (C=N–C) groups is 1. The molecular weight excluding hydrogens is 190 g/mol. The summed E-state index contributed by atoms with van der Waals surface area (Å²) < 4.78 is 5.61. The lowest BCUT2D eigenvalue weighted by Crippen LogP contribution is -2.07. The highest BCUT2D eigenvalue weighted by Gasteiger charge is 2.05. The number of hydrogen-bond donors (Lipinski definition) is 0. The summed E-state index contributed by atoms with van der Waals surface area (Å²) in [5.74, 6) is 0.787. The normalized spacial score (nSPS) is 9.87. The van der Waals surface area contributed by atoms with E-state index in [4.69, 9.17) is 4.74 Å². The van der Waals surface area contributed by atoms with Crippen molar-refractivity contribution >= 4 is 6.08 Å². The summed E-state index contributed by atoms with van der Waals surface area (Å²) in [5.41, 5.74) is 2.05. The van der Waals surface area contributed by atoms with Gasteiger partial charge in [0, 0.05) is 5.56 Å². The van der Waals surface area contributed by atoms with Gasteiger partial charge in [0.1, 0.15) is 5.75 Å². The van der Waals surface area contributed by atoms with Crippen LogP contribution in [0.2, 0.25) is 0 Å². The van der Waals surface area contributed by atoms with Gasteiger partial charge in [-0.05, 0) is 26.8 Å². The Hall–Kier alpha value is -1.60. The number of rotatable bonds is 4. The van der Waals surface area contributed by atoms with Crippen LogP contribution in [0.5, 0.6) is 5.75 Å². The molecule has 0 aromatic heterocycles. The van der Waals surface area contributed by atoms with E-state index in [0.717, 1.165) is 16.9 Å². The third-order valence-electron chi connectivity index (χ3n) is 1.89. The molecule has 0 heterocycles. The van der Waals surface area contributed by atoms with Gasteiger partial charge in [0.2, 0.25) is 6.08 Å². The maximum Gasteiger partial charge on any atom is 0.235 e. The minimum atomic E-state index is 0.117. The molecule has 1 rings (SSSR count). The van der Waals surface area contributed by atoms with Gasteiger partial charge in [-0.2, -0.15) is 0 Å². The summed E-state index contributed by atoms with van der Waals surface area (Å²) >= 11 is 0. The van der Waals surface area contributed by atoms with Gasteiger partial charge in [-0.1, -0.05) is 17.7 Å². The van der Waals surface area contributed by atoms with Crippen molar-refractivity contribution in [2.24, 2.45) is 4.99 Å². The Kier molecular flexibility index (Phi) is 4.07. The van der Waals surface area contributed by atoms with Crippen molar-refractivity contribution in [3.63, 3.8) is 0 Å². The highest BCUT2D eigenvalue weighted by molar-refractivity contribution is 5.39. The van der Waals surface area contributed by atoms with E-state index in [1.165, 1.54) is 6.08 Å². The van der Waals surface area contributed by atoms with Crippen molar-refractivity contribution in [3.8, 4) is 5.75 Å². The maximum atomic E-state index is 10.1. The number of aryl methyl sites for hydroxylation is 1. The molecule has 0 bridgehead atoms. The van der Waals surface area contributed by atoms with Crippen molar-refractivity contribution in [3.05, 3.63) is 29.3 Å². The van der Waals surface area contributed by atoms with Crippen LogP contribution in [-0.4, -0.2) is 12.2 Å². The van der Waals surface area contributed by atoms with E-state index in [-0.39, 0.29) is 6.10 Å². The second-order valence-corrected chi connectivity index (χ2v) is 3.69. The summed E-state index contributed by atoms with van der Waals surface area (Å²) in [6.07, 6.45) is 1.65. The molecule has 0 saturated heterocycles. The molecule has 80 valence electrons. The molecule has 0 radical (unpaired) electrons. The van der Waals surface area contributed by atoms with Crippen LogP contribution in [-0.2, 0) is 11.3 Å². The first-order chi connectivity index (χ1) is 7.13. The van der Waals surface area contributed by atoms with Gasteiger partial charge in [-0.25, -0.2) is 9.79 Å². The number of carbonyl (C=O) groups excluding carboxylic acids is 1. The van der Waals surface area contributed by atoms with E-state index in [1.807, 2.05) is 39.0 Å². The van der Waals surface area contributed by atoms with Gasteiger partial charge in [0.25, 0.3) is 0 Å². The Balaban J connectivity index is 2.96. The van der Waals surface area contributed by atoms with Crippen LogP contribution >= 0.6 is 0 Å². The third-order valence-corrected chi connectivity index (χ3v) is 1.89. The molecule has 0 spiro atoms. The number of hydrogen-bond acceptors (Lipinski definition) is 3. The van der Waals surface area contributed by atoms with Crippen LogP contribution < -0.4 is 4.74 Å². The lowest BCUT2D eigenvalue weighted by Gasteiger charge is -2.13. The van der Waals surface area contributed by atoms with Crippen LogP contribution in [0.4, 0.5) is 0 Å². The summed E-state index contributed by atoms with van der Waals surface area (Å²) in [4.78, 5) is 13.6. The van der Waals surface area contributed by atoms with Crippen LogP contribution in [0.1, 0.15) is 25.0 Å². The zero-order valence-corrected chi connectivity index (χ0v) is 9.28. The monoisotopic (exact) mass is 205 g/mol. The first-order valence-electron chi connectivity index (χ1n) is 4.93. The molecule has 0 aliphatic rings. The molecule has 3 nitrogen and oxygen atoms in total. The van der Waals surface area contributed by atoms with E-state index < -0.39 is 0 Å². The smallest absolute Gasteiger partial charge is 0.235 e. The SMILES string of the molecule is Cc1ccc(OC(C)C)c(CN=C=O)c1. The largest absolute Gasteiger partial charge is 0.491 e. The van der Waals surface area contributed by atoms with Crippen LogP contribution in [0.15, 0.2) is 23.2 Å². The highest BCUT2D eigenvalue weighted by atomic mass is 16.5. The van der Waals surface area contributed by atoms with E-state index >= 15 is 0 Å². The van der Waals surface area contributed by atoms with Crippen molar-refractivity contribution in [1.29, 1.82) is 0 Å². The van der Waals surface area contributed by atoms with Gasteiger partial charge >= 0.3 is 0 Å². The Labute approximate surface area is 89.8 Å². The fraction of sp³-hybridized carbons (Fsp3) is 0.417. The molecule has 0 aliphatic carbocycles. The van der Waals surface area contributed by atoms with Crippen molar-refractivity contribution < 1.29 is 9.53 Å². The van der Waals surface area contributed by atoms with E-state index in [1.54, 1.807) is 0 Å². The molecule has 1 aromatic carbocycles. The van der Waals surface area contributed by atoms with E-state index in [2.05, 4.69) is 4.99 Å². The molecule has 0 aliphatic heterocycles. The number of isocyanates is 1. The highest BCUT2D eigenvalue weighted by Crippen LogP contribution is 2.21. The minimum absolute atomic E-state index is 0.117. The average molecular weight is 205 g/mol. The second-order valence-electron chi connectivity index (χ2n) is 3.69. The number of benzene rings is 1. The first kappa shape index (κ1) is 11.5. The van der Waals surface area contributed by atoms with Crippen molar-refractivity contribution in [2.45, 2.75) is 33.4 Å². The topological polar surface area (TPSA) is 38.7 Å². The van der Waals surface area contributed by atoms with Gasteiger partial charge in [0.15, 0.2) is 0 Å². The molecule has 3 heteroatoms. The van der Waals surface area contributed by atoms with Gasteiger partial charge in [-0.3, -0.25) is 0 Å². The molecular formula is C12H15NO2. The Morgan fingerprint density at radius 2 is 2.20 bits per heavy atom. The molecule has 1 aromatic rings. The Morgan fingerprint density at radius 1 is 1.47 bits per heavy atom. The van der Waals surface area contributed by atoms with Crippen LogP contribution in [0.25, 0.3) is 0 Å². The molecule has 0 saturated carbocycles. The Morgan fingerprint density at radius 3 is 2.80 bits per heavy atom. The van der Waals surface area contributed by atoms with Crippen molar-refractivity contribution in [2.75, 3.05) is 0 Å². The minimum Gasteiger partial charge on any atom is -0.491 e. The van der Waals surface area contributed by atoms with E-state index in [0.29, 0.717) is 6.54 Å². The molecule has 0 atom stereocenters. The molecule has 0 N–H and O–H groups in total. The predicted molar refractivity (Wildman–Crippen MR) is 58.8 cm³/mol. The van der Waals surface area contributed by atoms with Gasteiger partial charge in [0.05, 0.1) is 12.6 Å². The standard InChI is InChI=1S/C12H15NO2/c1-9(2)15-12-5-4-10(3)6-11(12)7-13-8-14/h4-6,9H,7H2,1-3H3. The first-order valence-corrected chi connectivity index (χ1v) is 4.93. The summed E-state index contributed by atoms with van der Waals surface area (Å²) in [6.45, 7) is 6.25. The zero-order chi connectivity index (χ0) is 11.3. The summed E-state index contributed by atoms with van der Waals surface area (Å²) in [6, 6.07) is 5.86. The Bertz CT molecular complexity index is 379. The predicted octanol–water partition coefficient (Wildman–Crippen LogP) is 2.62. The maximum absolute atomic E-state index is 10.1. The van der Waals surface area contributed by atoms with Crippen LogP contribution in [0, 0.1) is 6.92 Å². The lowest BCUT2D eigenvalue weighted by atomic mass is 10.1. The third kappa shape index (κ3) is 3.56. The zero-order valence-electron chi connectivity index (χ0n) is 9.28. The van der Waals surface area contributed by atoms with Crippen molar-refractivity contribution in [1.82, 2.24) is 0 Å². The fourth-order valence-electron chi connectivity index (χ4n) is 1.32. The lowest BCUT2D eigenvalue weighted by molar-refractivity contribution is 0.240. The van der Waals surface area contributed by atoms with E-state index in [9.17, 15) is 4.79 Å². The quantitative estimate of drug-likeness (QED) is 0.559. The fourth-order valence-corrected chi connectivity index (χ4v) is 1.32. The number of ether oxygens (including phenoxy) is 1. The number of nitrogens with zero attached hydrogens (tertiary/aromatic N) is 1. The summed E-state index contributed by atoms with van der Waals surface area (Å²) in [5, 5.41) is 0. The average Bonchev–Trinajstić information content (AvgIpc) is 2.18.